The van der Waals surface area contributed by atoms with Gasteiger partial charge in [-0.05, 0) is 32.4 Å². The predicted octanol–water partition coefficient (Wildman–Crippen LogP) is 2.04. The first-order chi connectivity index (χ1) is 12.6. The maximum absolute atomic E-state index is 5.87. The fourth-order valence-corrected chi connectivity index (χ4v) is 4.44. The molecule has 2 aliphatic heterocycles. The van der Waals surface area contributed by atoms with Crippen molar-refractivity contribution >= 4 is 17.4 Å². The zero-order chi connectivity index (χ0) is 17.8. The van der Waals surface area contributed by atoms with Crippen LogP contribution < -0.4 is 10.6 Å². The molecule has 7 heteroatoms. The van der Waals surface area contributed by atoms with Crippen LogP contribution in [-0.2, 0) is 0 Å². The highest BCUT2D eigenvalue weighted by Crippen LogP contribution is 2.36. The molecule has 5 rings (SSSR count). The number of fused-ring (bicyclic) bond motifs is 3. The number of aromatic nitrogens is 4. The number of anilines is 2. The van der Waals surface area contributed by atoms with Gasteiger partial charge in [0.2, 0.25) is 5.95 Å². The number of hydrogen-bond donors (Lipinski definition) is 1. The average molecular weight is 349 g/mol. The van der Waals surface area contributed by atoms with Gasteiger partial charge in [0.15, 0.2) is 0 Å². The van der Waals surface area contributed by atoms with Crippen LogP contribution in [0.2, 0.25) is 0 Å². The molecule has 2 saturated heterocycles. The van der Waals surface area contributed by atoms with Gasteiger partial charge < -0.3 is 10.6 Å². The summed E-state index contributed by atoms with van der Waals surface area (Å²) >= 11 is 0. The molecule has 2 fully saturated rings. The number of nitrogens with zero attached hydrogens (tertiary/aromatic N) is 6. The zero-order valence-corrected chi connectivity index (χ0v) is 15.1. The van der Waals surface area contributed by atoms with Crippen molar-refractivity contribution in [2.45, 2.75) is 38.4 Å². The first-order valence-corrected chi connectivity index (χ1v) is 9.18. The van der Waals surface area contributed by atoms with Crippen LogP contribution in [0, 0.1) is 0 Å². The Labute approximate surface area is 152 Å². The molecule has 0 amide bonds. The summed E-state index contributed by atoms with van der Waals surface area (Å²) in [6.07, 6.45) is 6.76. The van der Waals surface area contributed by atoms with E-state index in [4.69, 9.17) is 10.7 Å². The number of likely N-dealkylation sites (tertiary alicyclic amines) is 1. The molecule has 2 bridgehead atoms. The molecule has 5 heterocycles. The van der Waals surface area contributed by atoms with E-state index in [1.54, 1.807) is 6.20 Å². The Kier molecular flexibility index (Phi) is 3.40. The second-order valence-electron chi connectivity index (χ2n) is 7.55. The van der Waals surface area contributed by atoms with Gasteiger partial charge in [-0.2, -0.15) is 0 Å². The molecule has 2 aliphatic rings. The lowest BCUT2D eigenvalue weighted by molar-refractivity contribution is 0.190. The number of pyridine rings is 1. The van der Waals surface area contributed by atoms with Crippen LogP contribution in [0.3, 0.4) is 0 Å². The Bertz CT molecular complexity index is 963. The SMILES string of the molecule is CC(C)N1C[C@@H]2C[C@H]1CN2c1nc(-c2ccnc(N)c2)cc2nccn12. The van der Waals surface area contributed by atoms with Crippen molar-refractivity contribution in [2.24, 2.45) is 0 Å². The largest absolute Gasteiger partial charge is 0.384 e. The van der Waals surface area contributed by atoms with Gasteiger partial charge in [0, 0.05) is 61.4 Å². The molecule has 134 valence electrons. The quantitative estimate of drug-likeness (QED) is 0.780. The molecule has 0 aliphatic carbocycles. The first-order valence-electron chi connectivity index (χ1n) is 9.18. The summed E-state index contributed by atoms with van der Waals surface area (Å²) < 4.78 is 2.09. The van der Waals surface area contributed by atoms with Crippen LogP contribution in [0.15, 0.2) is 36.8 Å². The minimum atomic E-state index is 0.502. The highest BCUT2D eigenvalue weighted by atomic mass is 15.4. The van der Waals surface area contributed by atoms with E-state index in [2.05, 4.69) is 38.0 Å². The summed E-state index contributed by atoms with van der Waals surface area (Å²) in [5, 5.41) is 0. The minimum Gasteiger partial charge on any atom is -0.384 e. The lowest BCUT2D eigenvalue weighted by Crippen LogP contribution is -2.49. The molecule has 0 saturated carbocycles. The van der Waals surface area contributed by atoms with Gasteiger partial charge in [-0.1, -0.05) is 0 Å². The van der Waals surface area contributed by atoms with E-state index in [0.717, 1.165) is 35.9 Å². The van der Waals surface area contributed by atoms with E-state index < -0.39 is 0 Å². The maximum Gasteiger partial charge on any atom is 0.212 e. The summed E-state index contributed by atoms with van der Waals surface area (Å²) in [4.78, 5) is 18.7. The molecule has 26 heavy (non-hydrogen) atoms. The molecular weight excluding hydrogens is 326 g/mol. The number of piperazine rings is 1. The van der Waals surface area contributed by atoms with Crippen LogP contribution in [0.25, 0.3) is 16.9 Å². The number of hydrogen-bond acceptors (Lipinski definition) is 6. The molecule has 7 nitrogen and oxygen atoms in total. The van der Waals surface area contributed by atoms with Gasteiger partial charge in [0.25, 0.3) is 0 Å². The molecular formula is C19H23N7. The first kappa shape index (κ1) is 15.6. The molecule has 0 unspecified atom stereocenters. The van der Waals surface area contributed by atoms with E-state index in [1.165, 1.54) is 6.42 Å². The fourth-order valence-electron chi connectivity index (χ4n) is 4.44. The van der Waals surface area contributed by atoms with Crippen molar-refractivity contribution in [3.8, 4) is 11.3 Å². The molecule has 2 atom stereocenters. The lowest BCUT2D eigenvalue weighted by atomic mass is 10.2. The number of rotatable bonds is 3. The van der Waals surface area contributed by atoms with E-state index >= 15 is 0 Å². The molecule has 0 radical (unpaired) electrons. The average Bonchev–Trinajstić information content (AvgIpc) is 3.35. The van der Waals surface area contributed by atoms with Gasteiger partial charge in [-0.15, -0.1) is 0 Å². The molecule has 3 aromatic rings. The molecule has 3 aromatic heterocycles. The summed E-state index contributed by atoms with van der Waals surface area (Å²) in [5.74, 6) is 1.48. The van der Waals surface area contributed by atoms with Crippen molar-refractivity contribution in [1.82, 2.24) is 24.3 Å². The van der Waals surface area contributed by atoms with Gasteiger partial charge in [0.1, 0.15) is 11.5 Å². The standard InChI is InChI=1S/C19H23N7/c1-12(2)25-10-15-8-14(25)11-26(15)19-23-16(9-18-22-5-6-24(18)19)13-3-4-21-17(20)7-13/h3-7,9,12,14-15H,8,10-11H2,1-2H3,(H2,20,21)/t14-,15-/m0/s1. The number of nitrogens with two attached hydrogens (primary N) is 1. The van der Waals surface area contributed by atoms with Crippen molar-refractivity contribution in [1.29, 1.82) is 0 Å². The van der Waals surface area contributed by atoms with E-state index in [-0.39, 0.29) is 0 Å². The fraction of sp³-hybridized carbons (Fsp3) is 0.421. The van der Waals surface area contributed by atoms with Crippen molar-refractivity contribution in [3.05, 3.63) is 36.8 Å². The summed E-state index contributed by atoms with van der Waals surface area (Å²) in [5.41, 5.74) is 8.63. The normalized spacial score (nSPS) is 22.8. The highest BCUT2D eigenvalue weighted by Gasteiger charge is 2.45. The smallest absolute Gasteiger partial charge is 0.212 e. The summed E-state index contributed by atoms with van der Waals surface area (Å²) in [7, 11) is 0. The van der Waals surface area contributed by atoms with Crippen LogP contribution >= 0.6 is 0 Å². The second-order valence-corrected chi connectivity index (χ2v) is 7.55. The summed E-state index contributed by atoms with van der Waals surface area (Å²) in [6.45, 7) is 6.69. The van der Waals surface area contributed by atoms with Crippen LogP contribution in [-0.4, -0.2) is 55.5 Å². The third-order valence-electron chi connectivity index (χ3n) is 5.65. The maximum atomic E-state index is 5.87. The van der Waals surface area contributed by atoms with Gasteiger partial charge in [0.05, 0.1) is 5.69 Å². The third kappa shape index (κ3) is 2.34. The van der Waals surface area contributed by atoms with E-state index in [9.17, 15) is 0 Å². The summed E-state index contributed by atoms with van der Waals surface area (Å²) in [6, 6.07) is 7.53. The van der Waals surface area contributed by atoms with E-state index in [1.807, 2.05) is 30.6 Å². The van der Waals surface area contributed by atoms with Crippen LogP contribution in [0.5, 0.6) is 0 Å². The second kappa shape index (κ2) is 5.67. The number of nitrogen functional groups attached to an aromatic ring is 1. The Morgan fingerprint density at radius 1 is 1.12 bits per heavy atom. The van der Waals surface area contributed by atoms with Gasteiger partial charge >= 0.3 is 0 Å². The van der Waals surface area contributed by atoms with Crippen molar-refractivity contribution in [2.75, 3.05) is 23.7 Å². The van der Waals surface area contributed by atoms with Crippen molar-refractivity contribution in [3.63, 3.8) is 0 Å². The molecule has 0 spiro atoms. The van der Waals surface area contributed by atoms with Crippen molar-refractivity contribution < 1.29 is 0 Å². The third-order valence-corrected chi connectivity index (χ3v) is 5.65. The Morgan fingerprint density at radius 2 is 2.00 bits per heavy atom. The predicted molar refractivity (Wildman–Crippen MR) is 102 cm³/mol. The zero-order valence-electron chi connectivity index (χ0n) is 15.1. The Balaban J connectivity index is 1.57. The van der Waals surface area contributed by atoms with E-state index in [0.29, 0.717) is 23.9 Å². The molecule has 2 N–H and O–H groups in total. The lowest BCUT2D eigenvalue weighted by Gasteiger charge is -2.37. The van der Waals surface area contributed by atoms with Crippen LogP contribution in [0.1, 0.15) is 20.3 Å². The Hall–Kier alpha value is -2.67. The molecule has 0 aromatic carbocycles. The minimum absolute atomic E-state index is 0.502. The topological polar surface area (TPSA) is 75.6 Å². The van der Waals surface area contributed by atoms with Gasteiger partial charge in [-0.25, -0.2) is 15.0 Å². The number of imidazole rings is 1. The van der Waals surface area contributed by atoms with Crippen LogP contribution in [0.4, 0.5) is 11.8 Å². The highest BCUT2D eigenvalue weighted by molar-refractivity contribution is 5.68. The van der Waals surface area contributed by atoms with Gasteiger partial charge in [-0.3, -0.25) is 9.30 Å². The monoisotopic (exact) mass is 349 g/mol. The Morgan fingerprint density at radius 3 is 2.73 bits per heavy atom.